The summed E-state index contributed by atoms with van der Waals surface area (Å²) in [5.41, 5.74) is 4.22. The van der Waals surface area contributed by atoms with E-state index in [9.17, 15) is 4.79 Å². The van der Waals surface area contributed by atoms with E-state index in [0.717, 1.165) is 29.7 Å². The third-order valence-electron chi connectivity index (χ3n) is 5.03. The summed E-state index contributed by atoms with van der Waals surface area (Å²) in [7, 11) is 5.04. The number of carbonyl (C=O) groups is 1. The van der Waals surface area contributed by atoms with E-state index in [1.807, 2.05) is 60.7 Å². The normalized spacial score (nSPS) is 10.4. The number of para-hydroxylation sites is 1. The van der Waals surface area contributed by atoms with Crippen molar-refractivity contribution in [1.82, 2.24) is 4.90 Å². The van der Waals surface area contributed by atoms with Crippen molar-refractivity contribution in [1.29, 1.82) is 0 Å². The first-order chi connectivity index (χ1) is 14.6. The van der Waals surface area contributed by atoms with E-state index in [-0.39, 0.29) is 6.03 Å². The molecule has 5 nitrogen and oxygen atoms in total. The third-order valence-corrected chi connectivity index (χ3v) is 5.03. The van der Waals surface area contributed by atoms with Gasteiger partial charge < -0.3 is 19.7 Å². The van der Waals surface area contributed by atoms with Crippen LogP contribution in [-0.2, 0) is 12.8 Å². The summed E-state index contributed by atoms with van der Waals surface area (Å²) in [4.78, 5) is 14.4. The van der Waals surface area contributed by atoms with Gasteiger partial charge in [0.25, 0.3) is 0 Å². The number of hydrogen-bond acceptors (Lipinski definition) is 3. The highest BCUT2D eigenvalue weighted by Gasteiger charge is 2.12. The minimum atomic E-state index is -0.129. The second kappa shape index (κ2) is 10.3. The molecular formula is C25H28N2O3. The van der Waals surface area contributed by atoms with Gasteiger partial charge in [0.05, 0.1) is 14.2 Å². The fraction of sp³-hybridized carbons (Fsp3) is 0.240. The Morgan fingerprint density at radius 2 is 1.57 bits per heavy atom. The summed E-state index contributed by atoms with van der Waals surface area (Å²) >= 11 is 0. The molecule has 0 radical (unpaired) electrons. The molecule has 2 amide bonds. The van der Waals surface area contributed by atoms with E-state index in [2.05, 4.69) is 17.4 Å². The molecule has 0 aliphatic carbocycles. The number of carbonyl (C=O) groups excluding carboxylic acids is 1. The molecule has 3 rings (SSSR count). The molecule has 0 heterocycles. The van der Waals surface area contributed by atoms with Crippen molar-refractivity contribution in [3.63, 3.8) is 0 Å². The number of methoxy groups -OCH3 is 2. The first kappa shape index (κ1) is 21.2. The Bertz CT molecular complexity index is 973. The molecule has 3 aromatic carbocycles. The number of benzene rings is 3. The number of rotatable bonds is 8. The van der Waals surface area contributed by atoms with Crippen LogP contribution in [0.15, 0.2) is 72.8 Å². The van der Waals surface area contributed by atoms with Crippen molar-refractivity contribution in [3.8, 4) is 11.5 Å². The summed E-state index contributed by atoms with van der Waals surface area (Å²) in [6.45, 7) is 0.585. The van der Waals surface area contributed by atoms with Crippen LogP contribution in [0.1, 0.15) is 16.7 Å². The van der Waals surface area contributed by atoms with Crippen LogP contribution in [-0.4, -0.2) is 38.7 Å². The molecule has 30 heavy (non-hydrogen) atoms. The van der Waals surface area contributed by atoms with Gasteiger partial charge in [0.2, 0.25) is 0 Å². The molecule has 0 spiro atoms. The maximum Gasteiger partial charge on any atom is 0.321 e. The quantitative estimate of drug-likeness (QED) is 0.575. The van der Waals surface area contributed by atoms with E-state index in [0.29, 0.717) is 18.0 Å². The zero-order valence-corrected chi connectivity index (χ0v) is 17.7. The third kappa shape index (κ3) is 5.54. The molecule has 0 aromatic heterocycles. The summed E-state index contributed by atoms with van der Waals surface area (Å²) in [6.07, 6.45) is 1.49. The molecule has 0 saturated heterocycles. The maximum absolute atomic E-state index is 12.7. The highest BCUT2D eigenvalue weighted by Crippen LogP contribution is 2.27. The minimum Gasteiger partial charge on any atom is -0.493 e. The highest BCUT2D eigenvalue weighted by atomic mass is 16.5. The molecule has 156 valence electrons. The van der Waals surface area contributed by atoms with Crippen LogP contribution in [0, 0.1) is 0 Å². The lowest BCUT2D eigenvalue weighted by atomic mass is 10.0. The Balaban J connectivity index is 1.61. The molecule has 0 aliphatic rings. The Kier molecular flexibility index (Phi) is 7.33. The van der Waals surface area contributed by atoms with Crippen LogP contribution in [0.25, 0.3) is 0 Å². The monoisotopic (exact) mass is 404 g/mol. The van der Waals surface area contributed by atoms with Gasteiger partial charge in [-0.25, -0.2) is 4.79 Å². The molecule has 0 unspecified atom stereocenters. The maximum atomic E-state index is 12.7. The van der Waals surface area contributed by atoms with E-state index in [4.69, 9.17) is 9.47 Å². The second-order valence-corrected chi connectivity index (χ2v) is 7.11. The highest BCUT2D eigenvalue weighted by molar-refractivity contribution is 5.90. The van der Waals surface area contributed by atoms with Crippen LogP contribution in [0.5, 0.6) is 11.5 Å². The van der Waals surface area contributed by atoms with Crippen LogP contribution in [0.2, 0.25) is 0 Å². The number of urea groups is 1. The predicted molar refractivity (Wildman–Crippen MR) is 121 cm³/mol. The molecular weight excluding hydrogens is 376 g/mol. The van der Waals surface area contributed by atoms with E-state index < -0.39 is 0 Å². The van der Waals surface area contributed by atoms with E-state index in [1.54, 1.807) is 26.2 Å². The molecule has 5 heteroatoms. The van der Waals surface area contributed by atoms with Gasteiger partial charge in [0.1, 0.15) is 0 Å². The topological polar surface area (TPSA) is 50.8 Å². The van der Waals surface area contributed by atoms with Crippen molar-refractivity contribution < 1.29 is 14.3 Å². The number of hydrogen-bond donors (Lipinski definition) is 1. The Labute approximate surface area is 178 Å². The number of nitrogens with zero attached hydrogens (tertiary/aromatic N) is 1. The van der Waals surface area contributed by atoms with Crippen molar-refractivity contribution in [2.24, 2.45) is 0 Å². The standard InChI is InChI=1S/C25H28N2O3/c1-27(16-15-20-13-14-23(29-2)24(18-20)30-3)25(28)26-22-12-8-7-11-21(22)17-19-9-5-4-6-10-19/h4-14,18H,15-17H2,1-3H3,(H,26,28). The van der Waals surface area contributed by atoms with Crippen LogP contribution < -0.4 is 14.8 Å². The van der Waals surface area contributed by atoms with Crippen molar-refractivity contribution in [2.75, 3.05) is 33.1 Å². The lowest BCUT2D eigenvalue weighted by Crippen LogP contribution is -2.33. The zero-order chi connectivity index (χ0) is 21.3. The molecule has 3 aromatic rings. The summed E-state index contributed by atoms with van der Waals surface area (Å²) < 4.78 is 10.6. The lowest BCUT2D eigenvalue weighted by molar-refractivity contribution is 0.223. The van der Waals surface area contributed by atoms with Gasteiger partial charge >= 0.3 is 6.03 Å². The number of anilines is 1. The van der Waals surface area contributed by atoms with Gasteiger partial charge in [-0.2, -0.15) is 0 Å². The smallest absolute Gasteiger partial charge is 0.321 e. The molecule has 0 aliphatic heterocycles. The predicted octanol–water partition coefficient (Wildman–Crippen LogP) is 5.00. The number of nitrogens with one attached hydrogen (secondary N) is 1. The Hall–Kier alpha value is -3.47. The van der Waals surface area contributed by atoms with Crippen LogP contribution >= 0.6 is 0 Å². The van der Waals surface area contributed by atoms with Gasteiger partial charge in [-0.15, -0.1) is 0 Å². The fourth-order valence-electron chi connectivity index (χ4n) is 3.26. The van der Waals surface area contributed by atoms with Crippen LogP contribution in [0.3, 0.4) is 0 Å². The molecule has 1 N–H and O–H groups in total. The lowest BCUT2D eigenvalue weighted by Gasteiger charge is -2.20. The van der Waals surface area contributed by atoms with Gasteiger partial charge in [-0.1, -0.05) is 54.6 Å². The molecule has 0 saturated carbocycles. The minimum absolute atomic E-state index is 0.129. The average molecular weight is 405 g/mol. The van der Waals surface area contributed by atoms with E-state index >= 15 is 0 Å². The number of ether oxygens (including phenoxy) is 2. The average Bonchev–Trinajstić information content (AvgIpc) is 2.79. The molecule has 0 fully saturated rings. The van der Waals surface area contributed by atoms with Crippen molar-refractivity contribution >= 4 is 11.7 Å². The summed E-state index contributed by atoms with van der Waals surface area (Å²) in [5, 5.41) is 3.05. The molecule has 0 atom stereocenters. The van der Waals surface area contributed by atoms with E-state index in [1.165, 1.54) is 5.56 Å². The largest absolute Gasteiger partial charge is 0.493 e. The SMILES string of the molecule is COc1ccc(CCN(C)C(=O)Nc2ccccc2Cc2ccccc2)cc1OC. The van der Waals surface area contributed by atoms with Gasteiger partial charge in [0.15, 0.2) is 11.5 Å². The van der Waals surface area contributed by atoms with Gasteiger partial charge in [-0.3, -0.25) is 0 Å². The summed E-state index contributed by atoms with van der Waals surface area (Å²) in [6, 6.07) is 23.8. The molecule has 0 bridgehead atoms. The summed E-state index contributed by atoms with van der Waals surface area (Å²) in [5.74, 6) is 1.39. The van der Waals surface area contributed by atoms with Gasteiger partial charge in [-0.05, 0) is 47.7 Å². The first-order valence-corrected chi connectivity index (χ1v) is 9.95. The van der Waals surface area contributed by atoms with Crippen molar-refractivity contribution in [2.45, 2.75) is 12.8 Å². The Morgan fingerprint density at radius 1 is 0.867 bits per heavy atom. The Morgan fingerprint density at radius 3 is 2.30 bits per heavy atom. The first-order valence-electron chi connectivity index (χ1n) is 9.95. The second-order valence-electron chi connectivity index (χ2n) is 7.11. The van der Waals surface area contributed by atoms with Crippen LogP contribution in [0.4, 0.5) is 10.5 Å². The fourth-order valence-corrected chi connectivity index (χ4v) is 3.26. The zero-order valence-electron chi connectivity index (χ0n) is 17.7. The number of likely N-dealkylation sites (N-methyl/N-ethyl adjacent to an activating group) is 1. The van der Waals surface area contributed by atoms with Gasteiger partial charge in [0, 0.05) is 19.3 Å². The van der Waals surface area contributed by atoms with Crippen molar-refractivity contribution in [3.05, 3.63) is 89.5 Å². The number of amides is 2.